The van der Waals surface area contributed by atoms with Crippen LogP contribution in [0.2, 0.25) is 5.28 Å². The maximum atomic E-state index is 16.0. The van der Waals surface area contributed by atoms with E-state index in [1.807, 2.05) is 6.92 Å². The second-order valence-electron chi connectivity index (χ2n) is 9.36. The smallest absolute Gasteiger partial charge is 0.258 e. The van der Waals surface area contributed by atoms with Crippen LogP contribution in [0.4, 0.5) is 13.2 Å². The van der Waals surface area contributed by atoms with Gasteiger partial charge in [0, 0.05) is 49.4 Å². The lowest BCUT2D eigenvalue weighted by atomic mass is 9.87. The van der Waals surface area contributed by atoms with Gasteiger partial charge in [-0.05, 0) is 35.6 Å². The van der Waals surface area contributed by atoms with E-state index in [9.17, 15) is 13.6 Å². The average Bonchev–Trinajstić information content (AvgIpc) is 3.24. The number of halogens is 4. The molecule has 2 N–H and O–H groups in total. The Morgan fingerprint density at radius 2 is 2.03 bits per heavy atom. The third-order valence-corrected chi connectivity index (χ3v) is 7.21. The minimum Gasteiger partial charge on any atom is -0.417 e. The van der Waals surface area contributed by atoms with Crippen molar-refractivity contribution in [1.82, 2.24) is 30.2 Å². The van der Waals surface area contributed by atoms with Crippen molar-refractivity contribution >= 4 is 17.5 Å². The molecule has 0 saturated heterocycles. The second kappa shape index (κ2) is 8.74. The summed E-state index contributed by atoms with van der Waals surface area (Å²) in [5, 5.41) is 2.81. The van der Waals surface area contributed by atoms with Gasteiger partial charge in [-0.2, -0.15) is 4.98 Å². The summed E-state index contributed by atoms with van der Waals surface area (Å²) < 4.78 is 47.7. The summed E-state index contributed by atoms with van der Waals surface area (Å²) in [6.45, 7) is 2.62. The average molecular weight is 519 g/mol. The first-order chi connectivity index (χ1) is 17.3. The summed E-state index contributed by atoms with van der Waals surface area (Å²) >= 11 is 6.08. The molecule has 1 amide bonds. The van der Waals surface area contributed by atoms with Crippen molar-refractivity contribution < 1.29 is 22.7 Å². The van der Waals surface area contributed by atoms with E-state index in [0.29, 0.717) is 66.0 Å². The monoisotopic (exact) mass is 518 g/mol. The Morgan fingerprint density at radius 1 is 1.19 bits per heavy atom. The van der Waals surface area contributed by atoms with Crippen molar-refractivity contribution in [2.45, 2.75) is 45.1 Å². The van der Waals surface area contributed by atoms with E-state index in [1.165, 1.54) is 0 Å². The van der Waals surface area contributed by atoms with Crippen molar-refractivity contribution in [2.75, 3.05) is 19.6 Å². The number of nitrogens with one attached hydrogen (secondary N) is 2. The van der Waals surface area contributed by atoms with Crippen molar-refractivity contribution in [1.29, 1.82) is 0 Å². The van der Waals surface area contributed by atoms with Crippen molar-refractivity contribution in [3.63, 3.8) is 0 Å². The number of alkyl halides is 2. The fourth-order valence-electron chi connectivity index (χ4n) is 5.32. The van der Waals surface area contributed by atoms with E-state index in [2.05, 4.69) is 25.3 Å². The SMILES string of the molecule is C[C@H]1CNC(=O)c2c1[nH]c1c2CCc2cnc(Oc3nc(Cl)nc4c3CN(CC(F)F)CC4)c(F)c2-1. The van der Waals surface area contributed by atoms with Gasteiger partial charge >= 0.3 is 0 Å². The van der Waals surface area contributed by atoms with Crippen LogP contribution < -0.4 is 10.1 Å². The predicted molar refractivity (Wildman–Crippen MR) is 124 cm³/mol. The van der Waals surface area contributed by atoms with E-state index in [1.54, 1.807) is 11.1 Å². The molecule has 3 aromatic rings. The van der Waals surface area contributed by atoms with Gasteiger partial charge in [-0.25, -0.2) is 23.1 Å². The van der Waals surface area contributed by atoms with Gasteiger partial charge in [0.1, 0.15) is 0 Å². The summed E-state index contributed by atoms with van der Waals surface area (Å²) in [7, 11) is 0. The Balaban J connectivity index is 1.40. The van der Waals surface area contributed by atoms with Gasteiger partial charge in [-0.15, -0.1) is 0 Å². The summed E-state index contributed by atoms with van der Waals surface area (Å²) in [5.74, 6) is -1.10. The van der Waals surface area contributed by atoms with Gasteiger partial charge < -0.3 is 15.0 Å². The highest BCUT2D eigenvalue weighted by Gasteiger charge is 2.35. The number of aromatic nitrogens is 4. The van der Waals surface area contributed by atoms with Gasteiger partial charge in [-0.1, -0.05) is 6.92 Å². The minimum absolute atomic E-state index is 0.00914. The molecule has 0 bridgehead atoms. The standard InChI is InChI=1S/C24H22ClF3N6O2/c1-10-6-29-21(35)17-12-3-2-11-7-30-23(18(28)16(11)20(12)32-19(10)17)36-22-13-8-34(9-15(26)27)5-4-14(13)31-24(25)33-22/h7,10,15,32H,2-6,8-9H2,1H3,(H,29,35)/t10-/m0/s1. The zero-order chi connectivity index (χ0) is 25.1. The number of hydrogen-bond donors (Lipinski definition) is 2. The summed E-state index contributed by atoms with van der Waals surface area (Å²) in [5.41, 5.74) is 4.78. The number of aryl methyl sites for hydroxylation is 1. The molecule has 0 spiro atoms. The second-order valence-corrected chi connectivity index (χ2v) is 9.70. The number of hydrogen-bond acceptors (Lipinski definition) is 6. The fourth-order valence-corrected chi connectivity index (χ4v) is 5.50. The molecule has 6 rings (SSSR count). The van der Waals surface area contributed by atoms with Gasteiger partial charge in [0.05, 0.1) is 29.1 Å². The van der Waals surface area contributed by atoms with Gasteiger partial charge in [0.25, 0.3) is 18.2 Å². The molecule has 5 heterocycles. The normalized spacial score (nSPS) is 18.8. The molecular formula is C24H22ClF3N6O2. The van der Waals surface area contributed by atoms with Crippen LogP contribution in [0.15, 0.2) is 6.20 Å². The van der Waals surface area contributed by atoms with E-state index in [-0.39, 0.29) is 35.4 Å². The number of nitrogens with zero attached hydrogens (tertiary/aromatic N) is 4. The third-order valence-electron chi connectivity index (χ3n) is 7.05. The van der Waals surface area contributed by atoms with Crippen LogP contribution in [0.25, 0.3) is 11.3 Å². The zero-order valence-electron chi connectivity index (χ0n) is 19.3. The Hall–Kier alpha value is -3.18. The first-order valence-electron chi connectivity index (χ1n) is 11.7. The molecule has 1 aliphatic carbocycles. The summed E-state index contributed by atoms with van der Waals surface area (Å²) in [6, 6.07) is 0. The lowest BCUT2D eigenvalue weighted by Crippen LogP contribution is -2.35. The zero-order valence-corrected chi connectivity index (χ0v) is 20.1. The van der Waals surface area contributed by atoms with Crippen LogP contribution in [0, 0.1) is 5.82 Å². The molecule has 0 fully saturated rings. The van der Waals surface area contributed by atoms with Crippen LogP contribution in [0.3, 0.4) is 0 Å². The van der Waals surface area contributed by atoms with Crippen molar-refractivity contribution in [2.24, 2.45) is 0 Å². The van der Waals surface area contributed by atoms with E-state index in [0.717, 1.165) is 11.3 Å². The minimum atomic E-state index is -2.49. The van der Waals surface area contributed by atoms with E-state index < -0.39 is 18.8 Å². The number of aromatic amines is 1. The molecule has 8 nitrogen and oxygen atoms in total. The molecule has 188 valence electrons. The van der Waals surface area contributed by atoms with Gasteiger partial charge in [-0.3, -0.25) is 9.69 Å². The largest absolute Gasteiger partial charge is 0.417 e. The molecule has 0 radical (unpaired) electrons. The van der Waals surface area contributed by atoms with Crippen LogP contribution in [0.1, 0.15) is 51.3 Å². The van der Waals surface area contributed by atoms with E-state index in [4.69, 9.17) is 16.3 Å². The molecule has 1 atom stereocenters. The summed E-state index contributed by atoms with van der Waals surface area (Å²) in [4.78, 5) is 30.0. The third kappa shape index (κ3) is 3.81. The van der Waals surface area contributed by atoms with E-state index >= 15 is 4.39 Å². The molecular weight excluding hydrogens is 497 g/mol. The molecule has 3 aromatic heterocycles. The number of fused-ring (bicyclic) bond motifs is 6. The maximum absolute atomic E-state index is 16.0. The highest BCUT2D eigenvalue weighted by atomic mass is 35.5. The quantitative estimate of drug-likeness (QED) is 0.507. The number of ether oxygens (including phenoxy) is 1. The number of carbonyl (C=O) groups excluding carboxylic acids is 1. The number of amides is 1. The molecule has 2 aliphatic heterocycles. The Bertz CT molecular complexity index is 1390. The Morgan fingerprint density at radius 3 is 2.83 bits per heavy atom. The lowest BCUT2D eigenvalue weighted by molar-refractivity contribution is 0.0810. The summed E-state index contributed by atoms with van der Waals surface area (Å²) in [6.07, 6.45) is 0.562. The van der Waals surface area contributed by atoms with Gasteiger partial charge in [0.2, 0.25) is 11.2 Å². The molecule has 36 heavy (non-hydrogen) atoms. The number of carbonyl (C=O) groups is 1. The predicted octanol–water partition coefficient (Wildman–Crippen LogP) is 4.02. The number of pyridine rings is 1. The van der Waals surface area contributed by atoms with Crippen LogP contribution in [0.5, 0.6) is 11.8 Å². The molecule has 0 aromatic carbocycles. The van der Waals surface area contributed by atoms with Crippen LogP contribution in [-0.2, 0) is 25.8 Å². The maximum Gasteiger partial charge on any atom is 0.258 e. The highest BCUT2D eigenvalue weighted by Crippen LogP contribution is 2.43. The van der Waals surface area contributed by atoms with Crippen molar-refractivity contribution in [3.8, 4) is 23.0 Å². The number of H-pyrrole nitrogens is 1. The molecule has 3 aliphatic rings. The molecule has 0 saturated carbocycles. The first kappa shape index (κ1) is 23.2. The molecule has 12 heteroatoms. The van der Waals surface area contributed by atoms with Crippen LogP contribution >= 0.6 is 11.6 Å². The Labute approximate surface area is 209 Å². The van der Waals surface area contributed by atoms with Crippen molar-refractivity contribution in [3.05, 3.63) is 50.9 Å². The van der Waals surface area contributed by atoms with Crippen LogP contribution in [-0.4, -0.2) is 56.8 Å². The highest BCUT2D eigenvalue weighted by molar-refractivity contribution is 6.28. The fraction of sp³-hybridized carbons (Fsp3) is 0.417. The lowest BCUT2D eigenvalue weighted by Gasteiger charge is -2.28. The topological polar surface area (TPSA) is 96.0 Å². The number of rotatable bonds is 4. The van der Waals surface area contributed by atoms with Gasteiger partial charge in [0.15, 0.2) is 5.82 Å². The Kier molecular flexibility index (Phi) is 5.64. The molecule has 0 unspecified atom stereocenters. The first-order valence-corrected chi connectivity index (χ1v) is 12.1.